The normalized spacial score (nSPS) is 13.8. The van der Waals surface area contributed by atoms with Crippen molar-refractivity contribution in [1.82, 2.24) is 4.98 Å². The van der Waals surface area contributed by atoms with Gasteiger partial charge in [0.15, 0.2) is 12.3 Å². The molecule has 0 unspecified atom stereocenters. The second kappa shape index (κ2) is 4.37. The lowest BCUT2D eigenvalue weighted by atomic mass is 10.1. The van der Waals surface area contributed by atoms with Gasteiger partial charge in [0.1, 0.15) is 12.0 Å². The van der Waals surface area contributed by atoms with Crippen molar-refractivity contribution in [1.29, 1.82) is 0 Å². The Kier molecular flexibility index (Phi) is 2.67. The first-order chi connectivity index (χ1) is 9.56. The molecule has 0 saturated carbocycles. The molecule has 0 radical (unpaired) electrons. The molecule has 0 bridgehead atoms. The van der Waals surface area contributed by atoms with Crippen LogP contribution in [0.15, 0.2) is 28.9 Å². The highest BCUT2D eigenvalue weighted by Gasteiger charge is 2.23. The number of carbonyl (C=O) groups excluding carboxylic acids is 1. The second-order valence-electron chi connectivity index (χ2n) is 4.27. The number of aromatic carboxylic acids is 1. The monoisotopic (exact) mass is 274 g/mol. The lowest BCUT2D eigenvalue weighted by Crippen LogP contribution is -2.35. The lowest BCUT2D eigenvalue weighted by Gasteiger charge is -2.26. The third kappa shape index (κ3) is 1.89. The van der Waals surface area contributed by atoms with E-state index >= 15 is 0 Å². The molecule has 0 fully saturated rings. The highest BCUT2D eigenvalue weighted by atomic mass is 16.5. The average Bonchev–Trinajstić information content (AvgIpc) is 2.93. The van der Waals surface area contributed by atoms with Crippen molar-refractivity contribution < 1.29 is 23.8 Å². The quantitative estimate of drug-likeness (QED) is 0.889. The van der Waals surface area contributed by atoms with E-state index in [0.717, 1.165) is 6.26 Å². The van der Waals surface area contributed by atoms with Gasteiger partial charge in [-0.3, -0.25) is 4.79 Å². The van der Waals surface area contributed by atoms with Gasteiger partial charge in [0.25, 0.3) is 5.91 Å². The Labute approximate surface area is 113 Å². The Morgan fingerprint density at radius 2 is 2.25 bits per heavy atom. The Balaban J connectivity index is 2.03. The molecule has 1 aromatic heterocycles. The van der Waals surface area contributed by atoms with Crippen LogP contribution in [-0.4, -0.2) is 35.6 Å². The number of carboxylic acid groups (broad SMARTS) is 1. The Morgan fingerprint density at radius 3 is 2.95 bits per heavy atom. The van der Waals surface area contributed by atoms with Crippen LogP contribution in [0.1, 0.15) is 10.5 Å². The summed E-state index contributed by atoms with van der Waals surface area (Å²) < 4.78 is 10.4. The van der Waals surface area contributed by atoms with E-state index in [1.807, 2.05) is 0 Å². The van der Waals surface area contributed by atoms with Crippen molar-refractivity contribution in [2.24, 2.45) is 0 Å². The number of hydrogen-bond acceptors (Lipinski definition) is 5. The number of benzene rings is 1. The number of ether oxygens (including phenoxy) is 1. The van der Waals surface area contributed by atoms with Crippen molar-refractivity contribution in [3.63, 3.8) is 0 Å². The van der Waals surface area contributed by atoms with Crippen molar-refractivity contribution in [3.05, 3.63) is 30.2 Å². The van der Waals surface area contributed by atoms with E-state index in [-0.39, 0.29) is 24.1 Å². The zero-order valence-electron chi connectivity index (χ0n) is 10.5. The van der Waals surface area contributed by atoms with E-state index in [4.69, 9.17) is 14.3 Å². The standard InChI is InChI=1S/C13H10N2O5/c1-15-9-4-7(2-3-10(9)19-6-11(15)16)12-14-8(5-20-12)13(17)18/h2-5H,6H2,1H3,(H,17,18). The number of rotatable bonds is 2. The van der Waals surface area contributed by atoms with Crippen LogP contribution in [0.4, 0.5) is 5.69 Å². The summed E-state index contributed by atoms with van der Waals surface area (Å²) in [6, 6.07) is 5.06. The van der Waals surface area contributed by atoms with Crippen molar-refractivity contribution in [3.8, 4) is 17.2 Å². The molecule has 1 aromatic carbocycles. The highest BCUT2D eigenvalue weighted by molar-refractivity contribution is 5.98. The molecular formula is C13H10N2O5. The van der Waals surface area contributed by atoms with E-state index in [9.17, 15) is 9.59 Å². The number of fused-ring (bicyclic) bond motifs is 1. The number of carbonyl (C=O) groups is 2. The minimum Gasteiger partial charge on any atom is -0.482 e. The van der Waals surface area contributed by atoms with E-state index in [1.165, 1.54) is 4.90 Å². The van der Waals surface area contributed by atoms with Crippen LogP contribution in [0.25, 0.3) is 11.5 Å². The molecule has 0 spiro atoms. The van der Waals surface area contributed by atoms with Gasteiger partial charge < -0.3 is 19.2 Å². The fraction of sp³-hybridized carbons (Fsp3) is 0.154. The van der Waals surface area contributed by atoms with Crippen LogP contribution in [0.5, 0.6) is 5.75 Å². The van der Waals surface area contributed by atoms with Crippen LogP contribution >= 0.6 is 0 Å². The molecule has 20 heavy (non-hydrogen) atoms. The van der Waals surface area contributed by atoms with Gasteiger partial charge >= 0.3 is 5.97 Å². The molecule has 1 aliphatic rings. The number of anilines is 1. The van der Waals surface area contributed by atoms with Crippen LogP contribution < -0.4 is 9.64 Å². The molecule has 7 heteroatoms. The first-order valence-corrected chi connectivity index (χ1v) is 5.79. The average molecular weight is 274 g/mol. The maximum Gasteiger partial charge on any atom is 0.357 e. The summed E-state index contributed by atoms with van der Waals surface area (Å²) in [5.74, 6) is -0.556. The van der Waals surface area contributed by atoms with Crippen LogP contribution in [0, 0.1) is 0 Å². The van der Waals surface area contributed by atoms with Crippen molar-refractivity contribution in [2.75, 3.05) is 18.6 Å². The van der Waals surface area contributed by atoms with Gasteiger partial charge in [0.05, 0.1) is 5.69 Å². The predicted octanol–water partition coefficient (Wildman–Crippen LogP) is 1.40. The van der Waals surface area contributed by atoms with E-state index in [1.54, 1.807) is 25.2 Å². The number of amides is 1. The molecule has 0 aliphatic carbocycles. The van der Waals surface area contributed by atoms with Crippen LogP contribution in [0.2, 0.25) is 0 Å². The maximum atomic E-state index is 11.6. The van der Waals surface area contributed by atoms with Crippen molar-refractivity contribution in [2.45, 2.75) is 0 Å². The Morgan fingerprint density at radius 1 is 1.45 bits per heavy atom. The second-order valence-corrected chi connectivity index (χ2v) is 4.27. The van der Waals surface area contributed by atoms with E-state index < -0.39 is 5.97 Å². The summed E-state index contributed by atoms with van der Waals surface area (Å²) >= 11 is 0. The minimum absolute atomic E-state index is 0.00497. The van der Waals surface area contributed by atoms with E-state index in [0.29, 0.717) is 17.0 Å². The molecule has 2 aromatic rings. The number of likely N-dealkylation sites (N-methyl/N-ethyl adjacent to an activating group) is 1. The smallest absolute Gasteiger partial charge is 0.357 e. The SMILES string of the molecule is CN1C(=O)COc2ccc(-c3nc(C(=O)O)co3)cc21. The Bertz CT molecular complexity index is 707. The number of carboxylic acids is 1. The fourth-order valence-corrected chi connectivity index (χ4v) is 1.91. The summed E-state index contributed by atoms with van der Waals surface area (Å²) in [7, 11) is 1.64. The largest absolute Gasteiger partial charge is 0.482 e. The van der Waals surface area contributed by atoms with E-state index in [2.05, 4.69) is 4.98 Å². The molecule has 2 heterocycles. The molecule has 3 rings (SSSR count). The summed E-state index contributed by atoms with van der Waals surface area (Å²) in [4.78, 5) is 27.7. The molecule has 7 nitrogen and oxygen atoms in total. The third-order valence-electron chi connectivity index (χ3n) is 3.02. The van der Waals surface area contributed by atoms with Gasteiger partial charge in [0, 0.05) is 12.6 Å². The summed E-state index contributed by atoms with van der Waals surface area (Å²) in [6.07, 6.45) is 1.07. The number of nitrogens with zero attached hydrogens (tertiary/aromatic N) is 2. The summed E-state index contributed by atoms with van der Waals surface area (Å²) in [6.45, 7) is 0.00497. The first-order valence-electron chi connectivity index (χ1n) is 5.79. The molecule has 1 aliphatic heterocycles. The van der Waals surface area contributed by atoms with Crippen LogP contribution in [-0.2, 0) is 4.79 Å². The van der Waals surface area contributed by atoms with Gasteiger partial charge in [-0.2, -0.15) is 0 Å². The van der Waals surface area contributed by atoms with Gasteiger partial charge in [-0.05, 0) is 18.2 Å². The van der Waals surface area contributed by atoms with Gasteiger partial charge in [-0.25, -0.2) is 9.78 Å². The Hall–Kier alpha value is -2.83. The fourth-order valence-electron chi connectivity index (χ4n) is 1.91. The molecule has 0 saturated heterocycles. The molecular weight excluding hydrogens is 264 g/mol. The van der Waals surface area contributed by atoms with Gasteiger partial charge in [-0.1, -0.05) is 0 Å². The molecule has 102 valence electrons. The zero-order chi connectivity index (χ0) is 14.3. The molecule has 1 amide bonds. The number of oxazole rings is 1. The summed E-state index contributed by atoms with van der Waals surface area (Å²) in [5, 5.41) is 8.82. The highest BCUT2D eigenvalue weighted by Crippen LogP contribution is 2.34. The topological polar surface area (TPSA) is 92.9 Å². The van der Waals surface area contributed by atoms with Gasteiger partial charge in [0.2, 0.25) is 5.89 Å². The lowest BCUT2D eigenvalue weighted by molar-refractivity contribution is -0.120. The van der Waals surface area contributed by atoms with Crippen molar-refractivity contribution >= 4 is 17.6 Å². The molecule has 0 atom stereocenters. The first kappa shape index (κ1) is 12.2. The number of aromatic nitrogens is 1. The van der Waals surface area contributed by atoms with Gasteiger partial charge in [-0.15, -0.1) is 0 Å². The number of hydrogen-bond donors (Lipinski definition) is 1. The molecule has 1 N–H and O–H groups in total. The zero-order valence-corrected chi connectivity index (χ0v) is 10.5. The minimum atomic E-state index is -1.16. The maximum absolute atomic E-state index is 11.6. The third-order valence-corrected chi connectivity index (χ3v) is 3.02. The summed E-state index contributed by atoms with van der Waals surface area (Å²) in [5.41, 5.74) is 0.994. The van der Waals surface area contributed by atoms with Crippen LogP contribution in [0.3, 0.4) is 0 Å². The predicted molar refractivity (Wildman–Crippen MR) is 67.8 cm³/mol.